The number of anilines is 1. The van der Waals surface area contributed by atoms with Gasteiger partial charge in [0.2, 0.25) is 5.13 Å². The van der Waals surface area contributed by atoms with Crippen LogP contribution in [0.4, 0.5) is 5.13 Å². The molecule has 1 saturated heterocycles. The van der Waals surface area contributed by atoms with E-state index in [2.05, 4.69) is 20.5 Å². The summed E-state index contributed by atoms with van der Waals surface area (Å²) in [7, 11) is 0. The van der Waals surface area contributed by atoms with Gasteiger partial charge in [0.25, 0.3) is 5.56 Å². The van der Waals surface area contributed by atoms with Crippen molar-refractivity contribution in [3.8, 4) is 0 Å². The number of hydrogen-bond acceptors (Lipinski definition) is 9. The van der Waals surface area contributed by atoms with Crippen LogP contribution in [-0.4, -0.2) is 38.8 Å². The first-order valence-electron chi connectivity index (χ1n) is 7.97. The highest BCUT2D eigenvalue weighted by atomic mass is 32.2. The Balaban J connectivity index is 1.37. The number of fused-ring (bicyclic) bond motifs is 1. The molecule has 1 N–H and O–H groups in total. The first-order chi connectivity index (χ1) is 12.2. The first-order valence-corrected chi connectivity index (χ1v) is 10.7. The van der Waals surface area contributed by atoms with E-state index >= 15 is 0 Å². The van der Waals surface area contributed by atoms with Gasteiger partial charge in [-0.1, -0.05) is 23.1 Å². The molecule has 3 aromatic rings. The summed E-state index contributed by atoms with van der Waals surface area (Å²) < 4.78 is 8.08. The molecule has 1 atom stereocenters. The Morgan fingerprint density at radius 3 is 3.24 bits per heavy atom. The molecule has 0 aromatic carbocycles. The summed E-state index contributed by atoms with van der Waals surface area (Å²) in [6.07, 6.45) is 2.50. The van der Waals surface area contributed by atoms with E-state index in [4.69, 9.17) is 4.74 Å². The number of thiazole rings is 1. The fraction of sp³-hybridized carbons (Fsp3) is 0.467. The van der Waals surface area contributed by atoms with Crippen molar-refractivity contribution in [2.75, 3.05) is 18.5 Å². The molecule has 0 radical (unpaired) electrons. The molecule has 4 heterocycles. The topological polar surface area (TPSA) is 81.4 Å². The monoisotopic (exact) mass is 395 g/mol. The van der Waals surface area contributed by atoms with Crippen LogP contribution in [-0.2, 0) is 10.5 Å². The Morgan fingerprint density at radius 2 is 2.40 bits per heavy atom. The summed E-state index contributed by atoms with van der Waals surface area (Å²) in [5.41, 5.74) is 1.65. The maximum Gasteiger partial charge on any atom is 0.258 e. The second kappa shape index (κ2) is 7.40. The highest BCUT2D eigenvalue weighted by Gasteiger charge is 2.16. The van der Waals surface area contributed by atoms with E-state index in [9.17, 15) is 4.79 Å². The third kappa shape index (κ3) is 3.86. The molecule has 0 amide bonds. The largest absolute Gasteiger partial charge is 0.376 e. The van der Waals surface area contributed by atoms with E-state index in [0.29, 0.717) is 5.75 Å². The highest BCUT2D eigenvalue weighted by Crippen LogP contribution is 2.28. The molecule has 1 aliphatic rings. The number of thioether (sulfide) groups is 1. The van der Waals surface area contributed by atoms with Crippen LogP contribution < -0.4 is 10.9 Å². The molecule has 132 valence electrons. The maximum absolute atomic E-state index is 12.2. The lowest BCUT2D eigenvalue weighted by Gasteiger charge is -2.08. The molecular weight excluding hydrogens is 378 g/mol. The SMILES string of the molecule is Cc1csc2nc(CSc3nnc(NC[C@H]4CCCO4)s3)cc(=O)n12. The van der Waals surface area contributed by atoms with Crippen LogP contribution >= 0.6 is 34.4 Å². The smallest absolute Gasteiger partial charge is 0.258 e. The number of hydrogen-bond donors (Lipinski definition) is 1. The van der Waals surface area contributed by atoms with Crippen molar-refractivity contribution in [3.63, 3.8) is 0 Å². The number of nitrogens with zero attached hydrogens (tertiary/aromatic N) is 4. The molecule has 4 rings (SSSR count). The highest BCUT2D eigenvalue weighted by molar-refractivity contribution is 8.00. The van der Waals surface area contributed by atoms with Gasteiger partial charge >= 0.3 is 0 Å². The van der Waals surface area contributed by atoms with Crippen LogP contribution in [0.3, 0.4) is 0 Å². The van der Waals surface area contributed by atoms with E-state index in [-0.39, 0.29) is 11.7 Å². The number of aromatic nitrogens is 4. The third-order valence-electron chi connectivity index (χ3n) is 3.88. The van der Waals surface area contributed by atoms with Gasteiger partial charge in [-0.25, -0.2) is 4.98 Å². The fourth-order valence-corrected chi connectivity index (χ4v) is 5.20. The van der Waals surface area contributed by atoms with Crippen molar-refractivity contribution in [2.45, 2.75) is 36.0 Å². The van der Waals surface area contributed by atoms with Crippen LogP contribution in [0, 0.1) is 6.92 Å². The normalized spacial score (nSPS) is 17.4. The summed E-state index contributed by atoms with van der Waals surface area (Å²) in [6, 6.07) is 1.59. The van der Waals surface area contributed by atoms with Crippen molar-refractivity contribution in [3.05, 3.63) is 33.2 Å². The summed E-state index contributed by atoms with van der Waals surface area (Å²) in [5, 5.41) is 14.4. The van der Waals surface area contributed by atoms with Crippen LogP contribution in [0.2, 0.25) is 0 Å². The second-order valence-corrected chi connectivity index (χ2v) is 8.80. The minimum absolute atomic E-state index is 0.0319. The average Bonchev–Trinajstić information content (AvgIpc) is 3.32. The molecule has 3 aromatic heterocycles. The van der Waals surface area contributed by atoms with E-state index in [0.717, 1.165) is 51.8 Å². The predicted molar refractivity (Wildman–Crippen MR) is 101 cm³/mol. The van der Waals surface area contributed by atoms with Crippen molar-refractivity contribution >= 4 is 44.5 Å². The quantitative estimate of drug-likeness (QED) is 0.643. The van der Waals surface area contributed by atoms with E-state index in [1.54, 1.807) is 22.2 Å². The van der Waals surface area contributed by atoms with Crippen LogP contribution in [0.1, 0.15) is 24.2 Å². The Kier molecular flexibility index (Phi) is 5.02. The number of ether oxygens (including phenoxy) is 1. The Morgan fingerprint density at radius 1 is 1.48 bits per heavy atom. The van der Waals surface area contributed by atoms with Crippen molar-refractivity contribution in [1.29, 1.82) is 0 Å². The molecule has 7 nitrogen and oxygen atoms in total. The zero-order chi connectivity index (χ0) is 17.2. The molecule has 25 heavy (non-hydrogen) atoms. The minimum atomic E-state index is -0.0319. The average molecular weight is 396 g/mol. The van der Waals surface area contributed by atoms with E-state index < -0.39 is 0 Å². The molecule has 0 spiro atoms. The molecule has 10 heteroatoms. The van der Waals surface area contributed by atoms with Gasteiger partial charge < -0.3 is 10.1 Å². The van der Waals surface area contributed by atoms with Gasteiger partial charge in [-0.15, -0.1) is 21.5 Å². The standard InChI is InChI=1S/C15H17N5O2S3/c1-9-7-23-14-17-10(5-12(21)20(9)14)8-24-15-19-18-13(25-15)16-6-11-3-2-4-22-11/h5,7,11H,2-4,6,8H2,1H3,(H,16,18)/t11-/m1/s1. The van der Waals surface area contributed by atoms with Gasteiger partial charge in [0.05, 0.1) is 11.8 Å². The fourth-order valence-electron chi connectivity index (χ4n) is 2.66. The predicted octanol–water partition coefficient (Wildman–Crippen LogP) is 2.80. The lowest BCUT2D eigenvalue weighted by atomic mass is 10.2. The Labute approximate surface area is 156 Å². The summed E-state index contributed by atoms with van der Waals surface area (Å²) in [4.78, 5) is 17.5. The molecule has 0 bridgehead atoms. The van der Waals surface area contributed by atoms with Gasteiger partial charge in [0.15, 0.2) is 9.30 Å². The minimum Gasteiger partial charge on any atom is -0.376 e. The van der Waals surface area contributed by atoms with Gasteiger partial charge in [0, 0.05) is 36.0 Å². The van der Waals surface area contributed by atoms with Crippen molar-refractivity contribution in [2.24, 2.45) is 0 Å². The first kappa shape index (κ1) is 17.0. The molecular formula is C15H17N5O2S3. The van der Waals surface area contributed by atoms with Gasteiger partial charge in [-0.2, -0.15) is 0 Å². The van der Waals surface area contributed by atoms with E-state index in [1.807, 2.05) is 12.3 Å². The van der Waals surface area contributed by atoms with Gasteiger partial charge in [-0.3, -0.25) is 9.20 Å². The third-order valence-corrected chi connectivity index (χ3v) is 6.88. The zero-order valence-electron chi connectivity index (χ0n) is 13.6. The van der Waals surface area contributed by atoms with E-state index in [1.165, 1.54) is 22.7 Å². The van der Waals surface area contributed by atoms with Crippen molar-refractivity contribution in [1.82, 2.24) is 19.6 Å². The molecule has 0 unspecified atom stereocenters. The Bertz CT molecular complexity index is 929. The molecule has 0 saturated carbocycles. The maximum atomic E-state index is 12.2. The summed E-state index contributed by atoms with van der Waals surface area (Å²) in [6.45, 7) is 3.53. The lowest BCUT2D eigenvalue weighted by molar-refractivity contribution is 0.120. The molecule has 1 fully saturated rings. The zero-order valence-corrected chi connectivity index (χ0v) is 16.0. The number of aryl methyl sites for hydroxylation is 1. The molecule has 1 aliphatic heterocycles. The molecule has 0 aliphatic carbocycles. The lowest BCUT2D eigenvalue weighted by Crippen LogP contribution is -2.18. The van der Waals surface area contributed by atoms with Gasteiger partial charge in [0.1, 0.15) is 0 Å². The van der Waals surface area contributed by atoms with Crippen molar-refractivity contribution < 1.29 is 4.74 Å². The number of rotatable bonds is 6. The van der Waals surface area contributed by atoms with Crippen LogP contribution in [0.25, 0.3) is 4.96 Å². The van der Waals surface area contributed by atoms with Gasteiger partial charge in [-0.05, 0) is 19.8 Å². The number of nitrogens with one attached hydrogen (secondary N) is 1. The van der Waals surface area contributed by atoms with Crippen LogP contribution in [0.15, 0.2) is 20.6 Å². The second-order valence-electron chi connectivity index (χ2n) is 5.76. The van der Waals surface area contributed by atoms with Crippen LogP contribution in [0.5, 0.6) is 0 Å². The Hall–Kier alpha value is -1.49. The summed E-state index contributed by atoms with van der Waals surface area (Å²) in [5.74, 6) is 0.600. The summed E-state index contributed by atoms with van der Waals surface area (Å²) >= 11 is 4.54.